The Hall–Kier alpha value is -0.700. The summed E-state index contributed by atoms with van der Waals surface area (Å²) in [5, 5.41) is 3.75. The van der Waals surface area contributed by atoms with Gasteiger partial charge in [0.05, 0.1) is 13.2 Å². The first-order chi connectivity index (χ1) is 13.7. The predicted molar refractivity (Wildman–Crippen MR) is 120 cm³/mol. The lowest BCUT2D eigenvalue weighted by Crippen LogP contribution is -2.43. The van der Waals surface area contributed by atoms with Gasteiger partial charge < -0.3 is 14.8 Å². The number of hydrogen-bond acceptors (Lipinski definition) is 6. The monoisotopic (exact) mass is 480 g/mol. The summed E-state index contributed by atoms with van der Waals surface area (Å²) in [6.45, 7) is 5.46. The first kappa shape index (κ1) is 20.6. The molecule has 0 saturated carbocycles. The van der Waals surface area contributed by atoms with Gasteiger partial charge in [-0.15, -0.1) is 0 Å². The molecule has 1 saturated heterocycles. The molecule has 0 unspecified atom stereocenters. The highest BCUT2D eigenvalue weighted by Crippen LogP contribution is 2.51. The smallest absolute Gasteiger partial charge is 0.0594 e. The van der Waals surface area contributed by atoms with Crippen molar-refractivity contribution in [3.63, 3.8) is 0 Å². The summed E-state index contributed by atoms with van der Waals surface area (Å²) in [6, 6.07) is 13.5. The summed E-state index contributed by atoms with van der Waals surface area (Å²) in [5.41, 5.74) is 1.18. The molecule has 150 valence electrons. The Bertz CT molecular complexity index is 815. The maximum Gasteiger partial charge on any atom is 0.0594 e. The van der Waals surface area contributed by atoms with Crippen LogP contribution in [-0.4, -0.2) is 57.5 Å². The van der Waals surface area contributed by atoms with Gasteiger partial charge in [0, 0.05) is 69.1 Å². The first-order valence-corrected chi connectivity index (χ1v) is 12.0. The molecule has 0 amide bonds. The molecule has 0 aliphatic carbocycles. The Morgan fingerprint density at radius 3 is 2.82 bits per heavy atom. The Balaban J connectivity index is 1.47. The fourth-order valence-corrected chi connectivity index (χ4v) is 6.49. The van der Waals surface area contributed by atoms with Crippen molar-refractivity contribution in [1.82, 2.24) is 4.90 Å². The Kier molecular flexibility index (Phi) is 7.25. The van der Waals surface area contributed by atoms with Gasteiger partial charge >= 0.3 is 0 Å². The number of hydrogen-bond donors (Lipinski definition) is 1. The second-order valence-electron chi connectivity index (χ2n) is 6.97. The molecular formula is C21H25BrN2O2S2. The van der Waals surface area contributed by atoms with E-state index in [0.29, 0.717) is 6.04 Å². The van der Waals surface area contributed by atoms with Gasteiger partial charge in [0.2, 0.25) is 0 Å². The van der Waals surface area contributed by atoms with Gasteiger partial charge in [0.25, 0.3) is 0 Å². The van der Waals surface area contributed by atoms with E-state index in [1.54, 1.807) is 7.11 Å². The molecule has 1 atom stereocenters. The number of morpholine rings is 1. The summed E-state index contributed by atoms with van der Waals surface area (Å²) in [7, 11) is 1.77. The number of fused-ring (bicyclic) bond motifs is 2. The third-order valence-electron chi connectivity index (χ3n) is 4.93. The number of methoxy groups -OCH3 is 1. The lowest BCUT2D eigenvalue weighted by atomic mass is 10.1. The molecule has 1 fully saturated rings. The fraction of sp³-hybridized carbons (Fsp3) is 0.429. The Morgan fingerprint density at radius 1 is 1.14 bits per heavy atom. The molecule has 0 aromatic heterocycles. The molecule has 2 aromatic rings. The summed E-state index contributed by atoms with van der Waals surface area (Å²) < 4.78 is 12.0. The van der Waals surface area contributed by atoms with E-state index in [9.17, 15) is 0 Å². The van der Waals surface area contributed by atoms with Crippen LogP contribution in [-0.2, 0) is 9.47 Å². The summed E-state index contributed by atoms with van der Waals surface area (Å²) in [6.07, 6.45) is 0.989. The number of nitrogens with zero attached hydrogens (tertiary/aromatic N) is 1. The average Bonchev–Trinajstić information content (AvgIpc) is 2.72. The van der Waals surface area contributed by atoms with Crippen LogP contribution in [0.15, 0.2) is 60.5 Å². The number of nitrogens with one attached hydrogen (secondary N) is 1. The van der Waals surface area contributed by atoms with E-state index in [2.05, 4.69) is 62.5 Å². The summed E-state index contributed by atoms with van der Waals surface area (Å²) >= 11 is 7.37. The highest BCUT2D eigenvalue weighted by Gasteiger charge is 2.21. The average molecular weight is 481 g/mol. The molecule has 28 heavy (non-hydrogen) atoms. The van der Waals surface area contributed by atoms with E-state index < -0.39 is 0 Å². The Labute approximate surface area is 183 Å². The molecule has 2 aliphatic heterocycles. The molecule has 1 N–H and O–H groups in total. The van der Waals surface area contributed by atoms with E-state index in [-0.39, 0.29) is 0 Å². The van der Waals surface area contributed by atoms with Crippen molar-refractivity contribution in [3.05, 3.63) is 40.9 Å². The second-order valence-corrected chi connectivity index (χ2v) is 9.96. The molecule has 4 rings (SSSR count). The van der Waals surface area contributed by atoms with Crippen molar-refractivity contribution >= 4 is 45.1 Å². The molecule has 2 heterocycles. The van der Waals surface area contributed by atoms with E-state index >= 15 is 0 Å². The van der Waals surface area contributed by atoms with Crippen LogP contribution in [0.4, 0.5) is 5.69 Å². The third kappa shape index (κ3) is 5.07. The first-order valence-electron chi connectivity index (χ1n) is 9.57. The number of halogens is 1. The number of rotatable bonds is 7. The van der Waals surface area contributed by atoms with Crippen LogP contribution >= 0.6 is 39.5 Å². The zero-order chi connectivity index (χ0) is 19.3. The maximum absolute atomic E-state index is 5.48. The van der Waals surface area contributed by atoms with Crippen molar-refractivity contribution in [2.75, 3.05) is 51.9 Å². The van der Waals surface area contributed by atoms with Crippen LogP contribution < -0.4 is 5.32 Å². The van der Waals surface area contributed by atoms with Gasteiger partial charge in [0.1, 0.15) is 0 Å². The topological polar surface area (TPSA) is 33.7 Å². The quantitative estimate of drug-likeness (QED) is 0.499. The van der Waals surface area contributed by atoms with Gasteiger partial charge in [-0.25, -0.2) is 0 Å². The van der Waals surface area contributed by atoms with Crippen LogP contribution in [0.3, 0.4) is 0 Å². The molecular weight excluding hydrogens is 456 g/mol. The highest BCUT2D eigenvalue weighted by molar-refractivity contribution is 9.10. The number of benzene rings is 2. The van der Waals surface area contributed by atoms with E-state index in [4.69, 9.17) is 9.47 Å². The van der Waals surface area contributed by atoms with Crippen LogP contribution in [0.5, 0.6) is 0 Å². The van der Waals surface area contributed by atoms with Crippen molar-refractivity contribution < 1.29 is 9.47 Å². The van der Waals surface area contributed by atoms with Crippen molar-refractivity contribution in [3.8, 4) is 0 Å². The Morgan fingerprint density at radius 2 is 2.00 bits per heavy atom. The molecule has 4 nitrogen and oxygen atoms in total. The van der Waals surface area contributed by atoms with E-state index in [1.807, 2.05) is 23.5 Å². The molecule has 2 aliphatic rings. The van der Waals surface area contributed by atoms with Gasteiger partial charge in [0.15, 0.2) is 0 Å². The highest BCUT2D eigenvalue weighted by atomic mass is 79.9. The van der Waals surface area contributed by atoms with Crippen LogP contribution in [0.25, 0.3) is 0 Å². The predicted octanol–water partition coefficient (Wildman–Crippen LogP) is 5.21. The minimum Gasteiger partial charge on any atom is -0.385 e. The summed E-state index contributed by atoms with van der Waals surface area (Å²) in [4.78, 5) is 7.74. The van der Waals surface area contributed by atoms with Gasteiger partial charge in [-0.2, -0.15) is 0 Å². The fourth-order valence-electron chi connectivity index (χ4n) is 3.46. The maximum atomic E-state index is 5.48. The zero-order valence-corrected chi connectivity index (χ0v) is 19.2. The van der Waals surface area contributed by atoms with Gasteiger partial charge in [-0.05, 0) is 52.7 Å². The molecule has 7 heteroatoms. The third-order valence-corrected chi connectivity index (χ3v) is 8.45. The molecule has 0 spiro atoms. The van der Waals surface area contributed by atoms with Crippen LogP contribution in [0, 0.1) is 0 Å². The summed E-state index contributed by atoms with van der Waals surface area (Å²) in [5.74, 6) is 0. The molecule has 2 aromatic carbocycles. The second kappa shape index (κ2) is 9.87. The van der Waals surface area contributed by atoms with Crippen molar-refractivity contribution in [2.45, 2.75) is 32.0 Å². The van der Waals surface area contributed by atoms with Gasteiger partial charge in [-0.1, -0.05) is 29.6 Å². The lowest BCUT2D eigenvalue weighted by molar-refractivity contribution is 0.0347. The molecule has 0 radical (unpaired) electrons. The number of ether oxygens (including phenoxy) is 2. The van der Waals surface area contributed by atoms with Crippen LogP contribution in [0.1, 0.15) is 6.42 Å². The largest absolute Gasteiger partial charge is 0.385 e. The lowest BCUT2D eigenvalue weighted by Gasteiger charge is -2.31. The minimum atomic E-state index is 0.360. The van der Waals surface area contributed by atoms with Crippen molar-refractivity contribution in [1.29, 1.82) is 0 Å². The standard InChI is InChI=1S/C21H25BrN2O2S2/c1-25-10-7-16(14-24-8-11-26-12-9-24)23-15-5-6-18-20(13-15)27-19-4-2-3-17(22)21(19)28-18/h2-6,13,16,23H,7-12,14H2,1H3/t16-/m1/s1. The zero-order valence-electron chi connectivity index (χ0n) is 15.9. The van der Waals surface area contributed by atoms with E-state index in [0.717, 1.165) is 45.9 Å². The van der Waals surface area contributed by atoms with E-state index in [1.165, 1.54) is 29.7 Å². The SMILES string of the molecule is COCC[C@H](CN1CCOCC1)Nc1ccc2c(c1)Sc1cccc(Br)c1S2. The van der Waals surface area contributed by atoms with Crippen molar-refractivity contribution in [2.24, 2.45) is 0 Å². The molecule has 0 bridgehead atoms. The normalized spacial score (nSPS) is 17.6. The minimum absolute atomic E-state index is 0.360. The number of anilines is 1. The van der Waals surface area contributed by atoms with Gasteiger partial charge in [-0.3, -0.25) is 4.90 Å². The van der Waals surface area contributed by atoms with Crippen LogP contribution in [0.2, 0.25) is 0 Å².